The zero-order chi connectivity index (χ0) is 5.98. The molecule has 1 aliphatic heterocycles. The molecule has 1 aliphatic rings. The van der Waals surface area contributed by atoms with Gasteiger partial charge in [-0.3, -0.25) is 4.79 Å². The molecule has 1 atom stereocenters. The van der Waals surface area contributed by atoms with Crippen molar-refractivity contribution in [3.05, 3.63) is 0 Å². The summed E-state index contributed by atoms with van der Waals surface area (Å²) in [7, 11) is 0. The van der Waals surface area contributed by atoms with Crippen LogP contribution >= 0.6 is 0 Å². The van der Waals surface area contributed by atoms with E-state index in [1.165, 1.54) is 0 Å². The van der Waals surface area contributed by atoms with Crippen molar-refractivity contribution in [1.29, 1.82) is 0 Å². The minimum atomic E-state index is -0.119. The summed E-state index contributed by atoms with van der Waals surface area (Å²) < 4.78 is 4.63. The van der Waals surface area contributed by atoms with Gasteiger partial charge in [0.15, 0.2) is 0 Å². The summed E-state index contributed by atoms with van der Waals surface area (Å²) in [6.45, 7) is 0.402. The average Bonchev–Trinajstić information content (AvgIpc) is 1.77. The van der Waals surface area contributed by atoms with Gasteiger partial charge < -0.3 is 10.5 Å². The predicted molar refractivity (Wildman–Crippen MR) is 28.2 cm³/mol. The van der Waals surface area contributed by atoms with E-state index in [-0.39, 0.29) is 12.0 Å². The second-order valence-electron chi connectivity index (χ2n) is 1.98. The first-order valence-electron chi connectivity index (χ1n) is 2.70. The molecule has 0 aromatic heterocycles. The molecule has 1 fully saturated rings. The lowest BCUT2D eigenvalue weighted by Crippen LogP contribution is -2.32. The lowest BCUT2D eigenvalue weighted by Gasteiger charge is -2.16. The SMILES string of the molecule is NC1CCC(=O)OC1. The number of rotatable bonds is 0. The largest absolute Gasteiger partial charge is 0.464 e. The Labute approximate surface area is 47.8 Å². The normalized spacial score (nSPS) is 29.6. The number of esters is 1. The molecule has 0 aromatic carbocycles. The lowest BCUT2D eigenvalue weighted by atomic mass is 10.1. The Morgan fingerprint density at radius 2 is 2.50 bits per heavy atom. The maximum Gasteiger partial charge on any atom is 0.305 e. The summed E-state index contributed by atoms with van der Waals surface area (Å²) in [5, 5.41) is 0. The molecule has 1 unspecified atom stereocenters. The van der Waals surface area contributed by atoms with E-state index in [1.54, 1.807) is 0 Å². The van der Waals surface area contributed by atoms with Crippen LogP contribution in [0.2, 0.25) is 0 Å². The van der Waals surface area contributed by atoms with Crippen LogP contribution in [0.25, 0.3) is 0 Å². The molecule has 46 valence electrons. The highest BCUT2D eigenvalue weighted by Crippen LogP contribution is 2.03. The van der Waals surface area contributed by atoms with Crippen LogP contribution in [-0.4, -0.2) is 18.6 Å². The van der Waals surface area contributed by atoms with Crippen molar-refractivity contribution in [2.75, 3.05) is 6.61 Å². The van der Waals surface area contributed by atoms with Crippen molar-refractivity contribution in [3.8, 4) is 0 Å². The van der Waals surface area contributed by atoms with Gasteiger partial charge in [-0.2, -0.15) is 0 Å². The Kier molecular flexibility index (Phi) is 1.48. The number of nitrogens with two attached hydrogens (primary N) is 1. The van der Waals surface area contributed by atoms with Crippen LogP contribution in [-0.2, 0) is 9.53 Å². The zero-order valence-electron chi connectivity index (χ0n) is 4.59. The molecule has 0 aliphatic carbocycles. The van der Waals surface area contributed by atoms with Gasteiger partial charge in [-0.15, -0.1) is 0 Å². The van der Waals surface area contributed by atoms with Gasteiger partial charge in [0, 0.05) is 12.5 Å². The van der Waals surface area contributed by atoms with Crippen molar-refractivity contribution < 1.29 is 9.53 Å². The van der Waals surface area contributed by atoms with Gasteiger partial charge in [-0.1, -0.05) is 0 Å². The Bertz CT molecular complexity index is 92.6. The maximum absolute atomic E-state index is 10.3. The number of hydrogen-bond acceptors (Lipinski definition) is 3. The third kappa shape index (κ3) is 1.20. The minimum absolute atomic E-state index is 0.0766. The van der Waals surface area contributed by atoms with Gasteiger partial charge >= 0.3 is 5.97 Å². The molecule has 3 heteroatoms. The second-order valence-corrected chi connectivity index (χ2v) is 1.98. The molecule has 0 bridgehead atoms. The first kappa shape index (κ1) is 5.56. The van der Waals surface area contributed by atoms with Crippen LogP contribution in [0.5, 0.6) is 0 Å². The fourth-order valence-electron chi connectivity index (χ4n) is 0.659. The van der Waals surface area contributed by atoms with Crippen molar-refractivity contribution in [3.63, 3.8) is 0 Å². The van der Waals surface area contributed by atoms with Crippen LogP contribution < -0.4 is 5.73 Å². The van der Waals surface area contributed by atoms with Crippen molar-refractivity contribution in [2.24, 2.45) is 5.73 Å². The average molecular weight is 115 g/mol. The van der Waals surface area contributed by atoms with E-state index in [0.717, 1.165) is 6.42 Å². The fourth-order valence-corrected chi connectivity index (χ4v) is 0.659. The van der Waals surface area contributed by atoms with Gasteiger partial charge in [-0.05, 0) is 6.42 Å². The summed E-state index contributed by atoms with van der Waals surface area (Å²) in [5.74, 6) is -0.119. The number of hydrogen-bond donors (Lipinski definition) is 1. The van der Waals surface area contributed by atoms with Gasteiger partial charge in [0.25, 0.3) is 0 Å². The van der Waals surface area contributed by atoms with E-state index in [4.69, 9.17) is 5.73 Å². The van der Waals surface area contributed by atoms with Crippen LogP contribution in [0.3, 0.4) is 0 Å². The summed E-state index contributed by atoms with van der Waals surface area (Å²) in [6.07, 6.45) is 1.26. The molecular formula is C5H9NO2. The van der Waals surface area contributed by atoms with Crippen LogP contribution in [0.15, 0.2) is 0 Å². The summed E-state index contributed by atoms with van der Waals surface area (Å²) in [4.78, 5) is 10.3. The maximum atomic E-state index is 10.3. The minimum Gasteiger partial charge on any atom is -0.464 e. The predicted octanol–water partition coefficient (Wildman–Crippen LogP) is -0.349. The number of ether oxygens (including phenoxy) is 1. The molecule has 2 N–H and O–H groups in total. The van der Waals surface area contributed by atoms with Crippen molar-refractivity contribution in [1.82, 2.24) is 0 Å². The number of carbonyl (C=O) groups excluding carboxylic acids is 1. The number of carbonyl (C=O) groups is 1. The highest BCUT2D eigenvalue weighted by atomic mass is 16.5. The zero-order valence-corrected chi connectivity index (χ0v) is 4.59. The Hall–Kier alpha value is -0.570. The second kappa shape index (κ2) is 2.13. The number of cyclic esters (lactones) is 1. The first-order chi connectivity index (χ1) is 3.79. The lowest BCUT2D eigenvalue weighted by molar-refractivity contribution is -0.147. The van der Waals surface area contributed by atoms with E-state index in [0.29, 0.717) is 13.0 Å². The molecule has 3 nitrogen and oxygen atoms in total. The van der Waals surface area contributed by atoms with Crippen LogP contribution in [0.4, 0.5) is 0 Å². The molecule has 1 saturated heterocycles. The molecule has 0 saturated carbocycles. The molecule has 1 heterocycles. The fraction of sp³-hybridized carbons (Fsp3) is 0.800. The molecule has 8 heavy (non-hydrogen) atoms. The molecule has 1 rings (SSSR count). The van der Waals surface area contributed by atoms with Gasteiger partial charge in [-0.25, -0.2) is 0 Å². The first-order valence-corrected chi connectivity index (χ1v) is 2.70. The van der Waals surface area contributed by atoms with E-state index < -0.39 is 0 Å². The summed E-state index contributed by atoms with van der Waals surface area (Å²) in [6, 6.07) is 0.0766. The topological polar surface area (TPSA) is 52.3 Å². The third-order valence-electron chi connectivity index (χ3n) is 1.18. The Balaban J connectivity index is 2.29. The van der Waals surface area contributed by atoms with Crippen molar-refractivity contribution >= 4 is 5.97 Å². The molecule has 0 aromatic rings. The molecule has 0 spiro atoms. The van der Waals surface area contributed by atoms with Gasteiger partial charge in [0.1, 0.15) is 6.61 Å². The Morgan fingerprint density at radius 1 is 1.75 bits per heavy atom. The molecule has 0 radical (unpaired) electrons. The van der Waals surface area contributed by atoms with Crippen LogP contribution in [0.1, 0.15) is 12.8 Å². The molecule has 0 amide bonds. The standard InChI is InChI=1S/C5H9NO2/c6-4-1-2-5(7)8-3-4/h4H,1-3,6H2. The van der Waals surface area contributed by atoms with Crippen molar-refractivity contribution in [2.45, 2.75) is 18.9 Å². The third-order valence-corrected chi connectivity index (χ3v) is 1.18. The van der Waals surface area contributed by atoms with Crippen LogP contribution in [0, 0.1) is 0 Å². The van der Waals surface area contributed by atoms with E-state index in [9.17, 15) is 4.79 Å². The smallest absolute Gasteiger partial charge is 0.305 e. The monoisotopic (exact) mass is 115 g/mol. The van der Waals surface area contributed by atoms with E-state index in [1.807, 2.05) is 0 Å². The van der Waals surface area contributed by atoms with E-state index in [2.05, 4.69) is 4.74 Å². The molecular weight excluding hydrogens is 106 g/mol. The van der Waals surface area contributed by atoms with Gasteiger partial charge in [0.2, 0.25) is 0 Å². The Morgan fingerprint density at radius 3 is 2.88 bits per heavy atom. The quantitative estimate of drug-likeness (QED) is 0.439. The summed E-state index contributed by atoms with van der Waals surface area (Å²) in [5.41, 5.74) is 5.42. The van der Waals surface area contributed by atoms with Gasteiger partial charge in [0.05, 0.1) is 0 Å². The van der Waals surface area contributed by atoms with E-state index >= 15 is 0 Å². The highest BCUT2D eigenvalue weighted by Gasteiger charge is 2.14. The highest BCUT2D eigenvalue weighted by molar-refractivity contribution is 5.70. The summed E-state index contributed by atoms with van der Waals surface area (Å²) >= 11 is 0.